The van der Waals surface area contributed by atoms with Gasteiger partial charge < -0.3 is 9.47 Å². The number of rotatable bonds is 2. The molecule has 0 saturated carbocycles. The van der Waals surface area contributed by atoms with Crippen molar-refractivity contribution in [2.45, 2.75) is 6.18 Å². The number of nitrogens with zero attached hydrogens (tertiary/aromatic N) is 1. The minimum atomic E-state index is -4.82. The van der Waals surface area contributed by atoms with Gasteiger partial charge in [0, 0.05) is 0 Å². The molecule has 1 rings (SSSR count). The topological polar surface area (TPSA) is 65.5 Å². The van der Waals surface area contributed by atoms with E-state index in [2.05, 4.69) is 14.5 Å². The molecule has 0 N–H and O–H groups in total. The Hall–Kier alpha value is -1.83. The molecule has 0 aliphatic heterocycles. The minimum absolute atomic E-state index is 0.431. The van der Waals surface area contributed by atoms with Crippen molar-refractivity contribution in [2.75, 3.05) is 14.2 Å². The third kappa shape index (κ3) is 3.14. The van der Waals surface area contributed by atoms with Crippen LogP contribution in [0, 0.1) is 0 Å². The van der Waals surface area contributed by atoms with E-state index in [0.29, 0.717) is 6.07 Å². The Labute approximate surface area is 110 Å². The van der Waals surface area contributed by atoms with Gasteiger partial charge in [0.15, 0.2) is 5.69 Å². The minimum Gasteiger partial charge on any atom is -0.465 e. The van der Waals surface area contributed by atoms with Crippen LogP contribution in [0.25, 0.3) is 0 Å². The zero-order valence-electron chi connectivity index (χ0n) is 9.67. The molecule has 0 amide bonds. The molecule has 1 aromatic heterocycles. The lowest BCUT2D eigenvalue weighted by molar-refractivity contribution is -0.141. The van der Waals surface area contributed by atoms with Crippen molar-refractivity contribution >= 4 is 23.5 Å². The number of methoxy groups -OCH3 is 2. The molecule has 0 aromatic carbocycles. The van der Waals surface area contributed by atoms with Crippen LogP contribution in [0.1, 0.15) is 26.5 Å². The molecule has 0 fully saturated rings. The summed E-state index contributed by atoms with van der Waals surface area (Å²) in [7, 11) is 1.91. The third-order valence-corrected chi connectivity index (χ3v) is 2.33. The number of aromatic nitrogens is 1. The van der Waals surface area contributed by atoms with Gasteiger partial charge in [-0.15, -0.1) is 0 Å². The monoisotopic (exact) mass is 297 g/mol. The van der Waals surface area contributed by atoms with E-state index in [-0.39, 0.29) is 0 Å². The molecule has 0 radical (unpaired) electrons. The predicted octanol–water partition coefficient (Wildman–Crippen LogP) is 2.33. The van der Waals surface area contributed by atoms with Gasteiger partial charge in [0.2, 0.25) is 0 Å². The van der Waals surface area contributed by atoms with Crippen LogP contribution in [0.15, 0.2) is 6.07 Å². The Balaban J connectivity index is 3.57. The number of carbonyl (C=O) groups excluding carboxylic acids is 2. The third-order valence-electron chi connectivity index (χ3n) is 2.03. The molecule has 0 bridgehead atoms. The van der Waals surface area contributed by atoms with E-state index in [9.17, 15) is 22.8 Å². The van der Waals surface area contributed by atoms with Crippen molar-refractivity contribution in [3.05, 3.63) is 28.0 Å². The van der Waals surface area contributed by atoms with Crippen LogP contribution in [0.3, 0.4) is 0 Å². The second-order valence-electron chi connectivity index (χ2n) is 3.19. The number of halogens is 4. The molecule has 0 aliphatic carbocycles. The highest BCUT2D eigenvalue weighted by atomic mass is 35.5. The van der Waals surface area contributed by atoms with Gasteiger partial charge in [-0.3, -0.25) is 0 Å². The number of pyridine rings is 1. The summed E-state index contributed by atoms with van der Waals surface area (Å²) in [5.41, 5.74) is -2.84. The van der Waals surface area contributed by atoms with E-state index >= 15 is 0 Å². The van der Waals surface area contributed by atoms with E-state index in [4.69, 9.17) is 11.6 Å². The van der Waals surface area contributed by atoms with Crippen LogP contribution < -0.4 is 0 Å². The van der Waals surface area contributed by atoms with E-state index in [1.54, 1.807) is 0 Å². The van der Waals surface area contributed by atoms with Crippen LogP contribution in [-0.4, -0.2) is 31.1 Å². The van der Waals surface area contributed by atoms with Gasteiger partial charge in [0.1, 0.15) is 11.3 Å². The van der Waals surface area contributed by atoms with Crippen molar-refractivity contribution in [1.82, 2.24) is 4.98 Å². The highest BCUT2D eigenvalue weighted by Gasteiger charge is 2.36. The van der Waals surface area contributed by atoms with E-state index < -0.39 is 40.1 Å². The highest BCUT2D eigenvalue weighted by Crippen LogP contribution is 2.32. The first-order valence-corrected chi connectivity index (χ1v) is 5.04. The van der Waals surface area contributed by atoms with Crippen molar-refractivity contribution in [1.29, 1.82) is 0 Å². The highest BCUT2D eigenvalue weighted by molar-refractivity contribution is 6.34. The number of carbonyl (C=O) groups is 2. The maximum absolute atomic E-state index is 12.5. The molecule has 0 aliphatic rings. The van der Waals surface area contributed by atoms with E-state index in [1.165, 1.54) is 0 Å². The fourth-order valence-electron chi connectivity index (χ4n) is 1.20. The van der Waals surface area contributed by atoms with Gasteiger partial charge in [0.25, 0.3) is 0 Å². The molecule has 1 heterocycles. The summed E-state index contributed by atoms with van der Waals surface area (Å²) < 4.78 is 46.2. The lowest BCUT2D eigenvalue weighted by Crippen LogP contribution is -2.19. The summed E-state index contributed by atoms with van der Waals surface area (Å²) in [4.78, 5) is 25.8. The number of hydrogen-bond acceptors (Lipinski definition) is 5. The van der Waals surface area contributed by atoms with Crippen LogP contribution in [-0.2, 0) is 15.7 Å². The van der Waals surface area contributed by atoms with E-state index in [1.807, 2.05) is 0 Å². The van der Waals surface area contributed by atoms with Crippen LogP contribution in [0.5, 0.6) is 0 Å². The quantitative estimate of drug-likeness (QED) is 0.784. The molecule has 5 nitrogen and oxygen atoms in total. The molecule has 0 saturated heterocycles. The summed E-state index contributed by atoms with van der Waals surface area (Å²) in [5, 5.41) is -0.602. The average Bonchev–Trinajstić information content (AvgIpc) is 2.34. The van der Waals surface area contributed by atoms with Gasteiger partial charge in [-0.1, -0.05) is 11.6 Å². The summed E-state index contributed by atoms with van der Waals surface area (Å²) in [5.74, 6) is -2.32. The molecule has 0 unspecified atom stereocenters. The fourth-order valence-corrected chi connectivity index (χ4v) is 1.47. The van der Waals surface area contributed by atoms with Crippen LogP contribution in [0.2, 0.25) is 5.02 Å². The number of ether oxygens (including phenoxy) is 2. The lowest BCUT2D eigenvalue weighted by atomic mass is 10.1. The Morgan fingerprint density at radius 2 is 1.74 bits per heavy atom. The first-order valence-electron chi connectivity index (χ1n) is 4.66. The summed E-state index contributed by atoms with van der Waals surface area (Å²) in [6.07, 6.45) is -4.82. The van der Waals surface area contributed by atoms with Gasteiger partial charge in [-0.25, -0.2) is 14.6 Å². The predicted molar refractivity (Wildman–Crippen MR) is 56.9 cm³/mol. The summed E-state index contributed by atoms with van der Waals surface area (Å²) >= 11 is 5.57. The maximum Gasteiger partial charge on any atom is 0.433 e. The van der Waals surface area contributed by atoms with Crippen molar-refractivity contribution in [3.63, 3.8) is 0 Å². The van der Waals surface area contributed by atoms with Crippen molar-refractivity contribution < 1.29 is 32.2 Å². The Morgan fingerprint density at radius 1 is 1.21 bits per heavy atom. The first-order chi connectivity index (χ1) is 8.72. The summed E-state index contributed by atoms with van der Waals surface area (Å²) in [6, 6.07) is 0.431. The molecular formula is C10H7ClF3NO4. The summed E-state index contributed by atoms with van der Waals surface area (Å²) in [6.45, 7) is 0. The number of esters is 2. The Bertz CT molecular complexity index is 530. The zero-order valence-corrected chi connectivity index (χ0v) is 10.4. The van der Waals surface area contributed by atoms with Crippen molar-refractivity contribution in [3.8, 4) is 0 Å². The molecule has 1 aromatic rings. The lowest BCUT2D eigenvalue weighted by Gasteiger charge is -2.11. The maximum atomic E-state index is 12.5. The van der Waals surface area contributed by atoms with Gasteiger partial charge in [-0.2, -0.15) is 13.2 Å². The second-order valence-corrected chi connectivity index (χ2v) is 3.60. The SMILES string of the molecule is COC(=O)c1nc(C(F)(F)F)cc(Cl)c1C(=O)OC. The Morgan fingerprint density at radius 3 is 2.16 bits per heavy atom. The standard InChI is InChI=1S/C10H7ClF3NO4/c1-18-8(16)6-4(11)3-5(10(12,13)14)15-7(6)9(17)19-2/h3H,1-2H3. The van der Waals surface area contributed by atoms with Crippen molar-refractivity contribution in [2.24, 2.45) is 0 Å². The molecule has 0 atom stereocenters. The fraction of sp³-hybridized carbons (Fsp3) is 0.300. The first kappa shape index (κ1) is 15.2. The zero-order chi connectivity index (χ0) is 14.8. The van der Waals surface area contributed by atoms with Gasteiger partial charge >= 0.3 is 18.1 Å². The molecular weight excluding hydrogens is 291 g/mol. The smallest absolute Gasteiger partial charge is 0.433 e. The average molecular weight is 298 g/mol. The molecule has 104 valence electrons. The van der Waals surface area contributed by atoms with E-state index in [0.717, 1.165) is 14.2 Å². The van der Waals surface area contributed by atoms with Crippen LogP contribution >= 0.6 is 11.6 Å². The Kier molecular flexibility index (Phi) is 4.35. The number of alkyl halides is 3. The molecule has 9 heteroatoms. The normalized spacial score (nSPS) is 11.1. The second kappa shape index (κ2) is 5.43. The largest absolute Gasteiger partial charge is 0.465 e. The number of hydrogen-bond donors (Lipinski definition) is 0. The van der Waals surface area contributed by atoms with Crippen LogP contribution in [0.4, 0.5) is 13.2 Å². The molecule has 0 spiro atoms. The van der Waals surface area contributed by atoms with Gasteiger partial charge in [0.05, 0.1) is 19.2 Å². The van der Waals surface area contributed by atoms with Gasteiger partial charge in [-0.05, 0) is 6.07 Å². The molecule has 19 heavy (non-hydrogen) atoms.